The van der Waals surface area contributed by atoms with Crippen molar-refractivity contribution in [1.82, 2.24) is 0 Å². The first-order valence-electron chi connectivity index (χ1n) is 4.36. The van der Waals surface area contributed by atoms with Crippen LogP contribution in [0.1, 0.15) is 27.2 Å². The summed E-state index contributed by atoms with van der Waals surface area (Å²) in [5, 5.41) is 11.6. The van der Waals surface area contributed by atoms with Crippen LogP contribution in [0.2, 0.25) is 0 Å². The molecule has 0 spiro atoms. The molecule has 0 aromatic heterocycles. The van der Waals surface area contributed by atoms with Gasteiger partial charge < -0.3 is 0 Å². The van der Waals surface area contributed by atoms with Crippen molar-refractivity contribution in [3.8, 4) is 0 Å². The molecule has 0 N–H and O–H groups in total. The highest BCUT2D eigenvalue weighted by atomic mass is 35.5. The second-order valence-electron chi connectivity index (χ2n) is 3.46. The lowest BCUT2D eigenvalue weighted by atomic mass is 9.90. The lowest BCUT2D eigenvalue weighted by molar-refractivity contribution is 0.000127. The van der Waals surface area contributed by atoms with Crippen LogP contribution in [0.3, 0.4) is 0 Å². The van der Waals surface area contributed by atoms with Crippen LogP contribution in [0.5, 0.6) is 0 Å². The molecule has 0 aromatic carbocycles. The summed E-state index contributed by atoms with van der Waals surface area (Å²) in [6.45, 7) is 5.71. The fourth-order valence-corrected chi connectivity index (χ4v) is 1.60. The molecule has 0 amide bonds. The molecule has 0 fully saturated rings. The number of hydrogen-bond donors (Lipinski definition) is 0. The Kier molecular flexibility index (Phi) is 6.34. The van der Waals surface area contributed by atoms with Gasteiger partial charge in [0.05, 0.1) is 6.10 Å². The molecular formula is C9H17Cl2O. The van der Waals surface area contributed by atoms with E-state index in [-0.39, 0.29) is 17.2 Å². The predicted octanol–water partition coefficient (Wildman–Crippen LogP) is 3.31. The molecule has 0 saturated carbocycles. The Morgan fingerprint density at radius 1 is 1.25 bits per heavy atom. The molecule has 1 nitrogen and oxygen atoms in total. The first-order valence-corrected chi connectivity index (χ1v) is 5.33. The third-order valence-electron chi connectivity index (χ3n) is 2.37. The van der Waals surface area contributed by atoms with E-state index in [9.17, 15) is 5.11 Å². The second-order valence-corrected chi connectivity index (χ2v) is 4.52. The third-order valence-corrected chi connectivity index (χ3v) is 2.98. The van der Waals surface area contributed by atoms with Gasteiger partial charge in [-0.05, 0) is 19.3 Å². The van der Waals surface area contributed by atoms with Crippen LogP contribution in [0.25, 0.3) is 0 Å². The summed E-state index contributed by atoms with van der Waals surface area (Å²) < 4.78 is 0. The number of hydrogen-bond acceptors (Lipinski definition) is 0. The topological polar surface area (TPSA) is 19.9 Å². The highest BCUT2D eigenvalue weighted by Gasteiger charge is 2.25. The zero-order valence-corrected chi connectivity index (χ0v) is 9.40. The van der Waals surface area contributed by atoms with Crippen molar-refractivity contribution in [3.05, 3.63) is 0 Å². The molecule has 0 rings (SSSR count). The van der Waals surface area contributed by atoms with E-state index in [1.54, 1.807) is 0 Å². The van der Waals surface area contributed by atoms with E-state index in [1.807, 2.05) is 20.8 Å². The molecule has 0 saturated heterocycles. The van der Waals surface area contributed by atoms with Crippen LogP contribution in [-0.4, -0.2) is 17.4 Å². The normalized spacial score (nSPS) is 21.5. The van der Waals surface area contributed by atoms with Crippen molar-refractivity contribution in [1.29, 1.82) is 0 Å². The van der Waals surface area contributed by atoms with Crippen LogP contribution < -0.4 is 0 Å². The molecule has 0 aliphatic carbocycles. The molecule has 1 radical (unpaired) electrons. The van der Waals surface area contributed by atoms with Gasteiger partial charge in [-0.25, -0.2) is 5.11 Å². The van der Waals surface area contributed by atoms with Gasteiger partial charge in [0.2, 0.25) is 0 Å². The number of halogens is 2. The Hall–Kier alpha value is 0.540. The molecule has 0 heterocycles. The first-order chi connectivity index (χ1) is 5.50. The third kappa shape index (κ3) is 3.97. The minimum atomic E-state index is -0.587. The maximum atomic E-state index is 11.6. The minimum Gasteiger partial charge on any atom is -0.232 e. The second kappa shape index (κ2) is 6.06. The largest absolute Gasteiger partial charge is 0.232 e. The molecule has 0 aliphatic rings. The van der Waals surface area contributed by atoms with Gasteiger partial charge in [0.15, 0.2) is 0 Å². The molecular weight excluding hydrogens is 195 g/mol. The van der Waals surface area contributed by atoms with E-state index >= 15 is 0 Å². The van der Waals surface area contributed by atoms with Crippen molar-refractivity contribution < 1.29 is 5.11 Å². The summed E-state index contributed by atoms with van der Waals surface area (Å²) >= 11 is 11.4. The van der Waals surface area contributed by atoms with Gasteiger partial charge in [0.1, 0.15) is 0 Å². The summed E-state index contributed by atoms with van der Waals surface area (Å²) in [6.07, 6.45) is 0.195. The highest BCUT2D eigenvalue weighted by molar-refractivity contribution is 6.20. The SMILES string of the molecule is CC(Cl)C(C)C([O])C(C)CCCl. The van der Waals surface area contributed by atoms with Crippen molar-refractivity contribution in [3.63, 3.8) is 0 Å². The van der Waals surface area contributed by atoms with Crippen LogP contribution in [0, 0.1) is 11.8 Å². The summed E-state index contributed by atoms with van der Waals surface area (Å²) in [4.78, 5) is 0. The van der Waals surface area contributed by atoms with Crippen LogP contribution in [0.15, 0.2) is 0 Å². The van der Waals surface area contributed by atoms with Gasteiger partial charge in [0, 0.05) is 17.2 Å². The zero-order valence-electron chi connectivity index (χ0n) is 7.89. The Morgan fingerprint density at radius 2 is 1.75 bits per heavy atom. The molecule has 0 bridgehead atoms. The quantitative estimate of drug-likeness (QED) is 0.623. The fraction of sp³-hybridized carbons (Fsp3) is 1.00. The van der Waals surface area contributed by atoms with Crippen LogP contribution >= 0.6 is 23.2 Å². The van der Waals surface area contributed by atoms with Crippen LogP contribution in [-0.2, 0) is 5.11 Å². The first kappa shape index (κ1) is 12.5. The zero-order chi connectivity index (χ0) is 9.72. The predicted molar refractivity (Wildman–Crippen MR) is 53.5 cm³/mol. The molecule has 4 unspecified atom stereocenters. The summed E-state index contributed by atoms with van der Waals surface area (Å²) in [6, 6.07) is 0. The van der Waals surface area contributed by atoms with E-state index in [0.717, 1.165) is 6.42 Å². The van der Waals surface area contributed by atoms with Crippen molar-refractivity contribution in [2.24, 2.45) is 11.8 Å². The average molecular weight is 212 g/mol. The van der Waals surface area contributed by atoms with E-state index in [1.165, 1.54) is 0 Å². The maximum absolute atomic E-state index is 11.6. The Labute approximate surface area is 85.1 Å². The minimum absolute atomic E-state index is 0.0184. The Bertz CT molecular complexity index is 117. The fourth-order valence-electron chi connectivity index (χ4n) is 1.12. The molecule has 3 heteroatoms. The van der Waals surface area contributed by atoms with E-state index in [2.05, 4.69) is 0 Å². The van der Waals surface area contributed by atoms with Crippen molar-refractivity contribution >= 4 is 23.2 Å². The lowest BCUT2D eigenvalue weighted by Crippen LogP contribution is -2.29. The monoisotopic (exact) mass is 211 g/mol. The smallest absolute Gasteiger partial charge is 0.0995 e. The molecule has 73 valence electrons. The standard InChI is InChI=1S/C9H17Cl2O/c1-6(4-5-10)9(12)7(2)8(3)11/h6-9H,4-5H2,1-3H3. The molecule has 12 heavy (non-hydrogen) atoms. The Balaban J connectivity index is 3.90. The summed E-state index contributed by atoms with van der Waals surface area (Å²) in [7, 11) is 0. The van der Waals surface area contributed by atoms with Gasteiger partial charge in [-0.3, -0.25) is 0 Å². The maximum Gasteiger partial charge on any atom is 0.0995 e. The number of rotatable bonds is 5. The van der Waals surface area contributed by atoms with E-state index in [4.69, 9.17) is 23.2 Å². The van der Waals surface area contributed by atoms with Crippen molar-refractivity contribution in [2.45, 2.75) is 38.7 Å². The average Bonchev–Trinajstić information content (AvgIpc) is 2.02. The van der Waals surface area contributed by atoms with Gasteiger partial charge in [-0.15, -0.1) is 23.2 Å². The Morgan fingerprint density at radius 3 is 2.08 bits per heavy atom. The lowest BCUT2D eigenvalue weighted by Gasteiger charge is -2.23. The highest BCUT2D eigenvalue weighted by Crippen LogP contribution is 2.22. The summed E-state index contributed by atoms with van der Waals surface area (Å²) in [5.74, 6) is 0.701. The van der Waals surface area contributed by atoms with E-state index < -0.39 is 6.10 Å². The van der Waals surface area contributed by atoms with Gasteiger partial charge in [-0.1, -0.05) is 13.8 Å². The van der Waals surface area contributed by atoms with Crippen LogP contribution in [0.4, 0.5) is 0 Å². The van der Waals surface area contributed by atoms with Gasteiger partial charge in [0.25, 0.3) is 0 Å². The molecule has 0 aromatic rings. The van der Waals surface area contributed by atoms with E-state index in [0.29, 0.717) is 5.88 Å². The summed E-state index contributed by atoms with van der Waals surface area (Å²) in [5.41, 5.74) is 0. The molecule has 4 atom stereocenters. The van der Waals surface area contributed by atoms with Gasteiger partial charge in [-0.2, -0.15) is 0 Å². The molecule has 0 aliphatic heterocycles. The van der Waals surface area contributed by atoms with Gasteiger partial charge >= 0.3 is 0 Å². The van der Waals surface area contributed by atoms with Crippen molar-refractivity contribution in [2.75, 3.05) is 5.88 Å². The number of alkyl halides is 2.